The van der Waals surface area contributed by atoms with Gasteiger partial charge >= 0.3 is 0 Å². The van der Waals surface area contributed by atoms with Gasteiger partial charge in [-0.3, -0.25) is 15.0 Å². The maximum atomic E-state index is 13.1. The molecule has 8 heteroatoms. The minimum absolute atomic E-state index is 0.00316. The number of methoxy groups -OCH3 is 1. The smallest absolute Gasteiger partial charge is 0.282 e. The molecule has 0 unspecified atom stereocenters. The normalized spacial score (nSPS) is 14.6. The van der Waals surface area contributed by atoms with Crippen molar-refractivity contribution < 1.29 is 23.5 Å². The number of halogens is 2. The van der Waals surface area contributed by atoms with Crippen LogP contribution in [-0.4, -0.2) is 18.9 Å². The van der Waals surface area contributed by atoms with Crippen molar-refractivity contribution in [3.05, 3.63) is 93.7 Å². The van der Waals surface area contributed by atoms with Crippen LogP contribution in [0.15, 0.2) is 76.8 Å². The maximum Gasteiger partial charge on any atom is 0.282 e. The van der Waals surface area contributed by atoms with E-state index in [9.17, 15) is 14.0 Å². The molecule has 162 valence electrons. The Labute approximate surface area is 192 Å². The summed E-state index contributed by atoms with van der Waals surface area (Å²) in [6.45, 7) is 0.219. The van der Waals surface area contributed by atoms with Gasteiger partial charge in [0.05, 0.1) is 12.8 Å². The number of para-hydroxylation sites is 1. The van der Waals surface area contributed by atoms with Gasteiger partial charge in [-0.05, 0) is 53.6 Å². The van der Waals surface area contributed by atoms with E-state index in [-0.39, 0.29) is 18.0 Å². The number of ether oxygens (including phenoxy) is 2. The Kier molecular flexibility index (Phi) is 6.23. The average Bonchev–Trinajstić information content (AvgIpc) is 3.09. The third-order valence-corrected chi connectivity index (χ3v) is 5.48. The number of benzene rings is 3. The van der Waals surface area contributed by atoms with Gasteiger partial charge in [0.2, 0.25) is 0 Å². The molecular weight excluding hydrogens is 479 g/mol. The summed E-state index contributed by atoms with van der Waals surface area (Å²) >= 11 is 3.47. The standard InChI is InChI=1S/C24H18BrFN2O4/c1-31-21-12-16(20(25)13-22(21)32-14-15-7-9-17(26)10-8-15)11-19-23(29)27-28(24(19)30)18-5-3-2-4-6-18/h2-13H,14H2,1H3,(H,27,29)/b19-11-. The lowest BCUT2D eigenvalue weighted by Crippen LogP contribution is -2.35. The third kappa shape index (κ3) is 4.50. The molecule has 0 radical (unpaired) electrons. The number of anilines is 1. The van der Waals surface area contributed by atoms with E-state index >= 15 is 0 Å². The van der Waals surface area contributed by atoms with Crippen LogP contribution < -0.4 is 19.9 Å². The highest BCUT2D eigenvalue weighted by atomic mass is 79.9. The third-order valence-electron chi connectivity index (χ3n) is 4.80. The zero-order valence-electron chi connectivity index (χ0n) is 17.0. The molecule has 4 rings (SSSR count). The van der Waals surface area contributed by atoms with Crippen molar-refractivity contribution in [3.63, 3.8) is 0 Å². The van der Waals surface area contributed by atoms with Gasteiger partial charge in [0, 0.05) is 4.47 Å². The van der Waals surface area contributed by atoms with Crippen LogP contribution in [0, 0.1) is 5.82 Å². The lowest BCUT2D eigenvalue weighted by atomic mass is 10.1. The number of hydrogen-bond donors (Lipinski definition) is 1. The zero-order valence-corrected chi connectivity index (χ0v) is 18.6. The first-order chi connectivity index (χ1) is 15.5. The fourth-order valence-electron chi connectivity index (χ4n) is 3.15. The van der Waals surface area contributed by atoms with E-state index < -0.39 is 11.8 Å². The second-order valence-corrected chi connectivity index (χ2v) is 7.77. The SMILES string of the molecule is COc1cc(/C=C2/C(=O)NN(c3ccccc3)C2=O)c(Br)cc1OCc1ccc(F)cc1. The molecule has 0 spiro atoms. The number of nitrogens with zero attached hydrogens (tertiary/aromatic N) is 1. The van der Waals surface area contributed by atoms with Crippen LogP contribution in [0.4, 0.5) is 10.1 Å². The minimum atomic E-state index is -0.499. The van der Waals surface area contributed by atoms with Crippen molar-refractivity contribution in [1.29, 1.82) is 0 Å². The summed E-state index contributed by atoms with van der Waals surface area (Å²) in [5.41, 5.74) is 4.50. The van der Waals surface area contributed by atoms with E-state index in [1.807, 2.05) is 6.07 Å². The quantitative estimate of drug-likeness (QED) is 0.398. The highest BCUT2D eigenvalue weighted by molar-refractivity contribution is 9.10. The molecule has 6 nitrogen and oxygen atoms in total. The van der Waals surface area contributed by atoms with Gasteiger partial charge in [-0.25, -0.2) is 9.40 Å². The van der Waals surface area contributed by atoms with Crippen LogP contribution >= 0.6 is 15.9 Å². The molecule has 3 aromatic carbocycles. The number of nitrogens with one attached hydrogen (secondary N) is 1. The van der Waals surface area contributed by atoms with Crippen LogP contribution in [0.2, 0.25) is 0 Å². The Bertz CT molecular complexity index is 1200. The van der Waals surface area contributed by atoms with Crippen LogP contribution in [-0.2, 0) is 16.2 Å². The first-order valence-electron chi connectivity index (χ1n) is 9.63. The van der Waals surface area contributed by atoms with Crippen LogP contribution in [0.1, 0.15) is 11.1 Å². The minimum Gasteiger partial charge on any atom is -0.493 e. The first-order valence-corrected chi connectivity index (χ1v) is 10.4. The summed E-state index contributed by atoms with van der Waals surface area (Å²) in [5, 5.41) is 1.21. The lowest BCUT2D eigenvalue weighted by molar-refractivity contribution is -0.117. The van der Waals surface area contributed by atoms with Crippen molar-refractivity contribution in [3.8, 4) is 11.5 Å². The topological polar surface area (TPSA) is 67.9 Å². The molecule has 1 saturated heterocycles. The number of rotatable bonds is 6. The Balaban J connectivity index is 1.58. The molecule has 0 saturated carbocycles. The van der Waals surface area contributed by atoms with Gasteiger partial charge in [0.25, 0.3) is 11.8 Å². The summed E-state index contributed by atoms with van der Waals surface area (Å²) < 4.78 is 24.9. The van der Waals surface area contributed by atoms with Crippen molar-refractivity contribution in [2.24, 2.45) is 0 Å². The molecule has 3 aromatic rings. The van der Waals surface area contributed by atoms with Gasteiger partial charge in [0.1, 0.15) is 18.0 Å². The van der Waals surface area contributed by atoms with Crippen molar-refractivity contribution >= 4 is 39.5 Å². The summed E-state index contributed by atoms with van der Waals surface area (Å²) in [6.07, 6.45) is 1.50. The number of hydrogen-bond acceptors (Lipinski definition) is 4. The molecule has 0 bridgehead atoms. The maximum absolute atomic E-state index is 13.1. The molecule has 0 aliphatic carbocycles. The molecule has 2 amide bonds. The Hall–Kier alpha value is -3.65. The molecule has 0 aromatic heterocycles. The van der Waals surface area contributed by atoms with E-state index in [1.54, 1.807) is 48.5 Å². The van der Waals surface area contributed by atoms with Gasteiger partial charge in [-0.15, -0.1) is 0 Å². The van der Waals surface area contributed by atoms with Crippen LogP contribution in [0.3, 0.4) is 0 Å². The van der Waals surface area contributed by atoms with E-state index in [4.69, 9.17) is 9.47 Å². The van der Waals surface area contributed by atoms with Crippen LogP contribution in [0.5, 0.6) is 11.5 Å². The van der Waals surface area contributed by atoms with E-state index in [1.165, 1.54) is 30.3 Å². The summed E-state index contributed by atoms with van der Waals surface area (Å²) in [5.74, 6) is -0.389. The van der Waals surface area contributed by atoms with Gasteiger partial charge in [-0.1, -0.05) is 46.3 Å². The Morgan fingerprint density at radius 3 is 2.44 bits per heavy atom. The second kappa shape index (κ2) is 9.23. The molecular formula is C24H18BrFN2O4. The average molecular weight is 497 g/mol. The summed E-state index contributed by atoms with van der Waals surface area (Å²) in [6, 6.07) is 18.2. The zero-order chi connectivity index (χ0) is 22.7. The van der Waals surface area contributed by atoms with E-state index in [2.05, 4.69) is 21.4 Å². The Morgan fingerprint density at radius 2 is 1.75 bits per heavy atom. The fraction of sp³-hybridized carbons (Fsp3) is 0.0833. The largest absolute Gasteiger partial charge is 0.493 e. The molecule has 0 atom stereocenters. The first kappa shape index (κ1) is 21.6. The number of carbonyl (C=O) groups excluding carboxylic acids is 2. The molecule has 1 heterocycles. The van der Waals surface area contributed by atoms with Gasteiger partial charge < -0.3 is 9.47 Å². The van der Waals surface area contributed by atoms with E-state index in [0.29, 0.717) is 27.2 Å². The highest BCUT2D eigenvalue weighted by Crippen LogP contribution is 2.35. The van der Waals surface area contributed by atoms with Crippen molar-refractivity contribution in [1.82, 2.24) is 5.43 Å². The second-order valence-electron chi connectivity index (χ2n) is 6.91. The fourth-order valence-corrected chi connectivity index (χ4v) is 3.58. The Morgan fingerprint density at radius 1 is 1.03 bits per heavy atom. The van der Waals surface area contributed by atoms with E-state index in [0.717, 1.165) is 5.56 Å². The molecule has 1 aliphatic heterocycles. The lowest BCUT2D eigenvalue weighted by Gasteiger charge is -2.14. The number of amides is 2. The number of carbonyl (C=O) groups is 2. The summed E-state index contributed by atoms with van der Waals surface area (Å²) in [4.78, 5) is 25.3. The molecule has 1 fully saturated rings. The number of hydrazine groups is 1. The predicted molar refractivity (Wildman–Crippen MR) is 121 cm³/mol. The highest BCUT2D eigenvalue weighted by Gasteiger charge is 2.34. The monoisotopic (exact) mass is 496 g/mol. The van der Waals surface area contributed by atoms with Crippen molar-refractivity contribution in [2.75, 3.05) is 12.1 Å². The van der Waals surface area contributed by atoms with Gasteiger partial charge in [0.15, 0.2) is 11.5 Å². The predicted octanol–water partition coefficient (Wildman–Crippen LogP) is 4.64. The van der Waals surface area contributed by atoms with Gasteiger partial charge in [-0.2, -0.15) is 0 Å². The molecule has 1 N–H and O–H groups in total. The summed E-state index contributed by atoms with van der Waals surface area (Å²) in [7, 11) is 1.50. The van der Waals surface area contributed by atoms with Crippen LogP contribution in [0.25, 0.3) is 6.08 Å². The molecule has 1 aliphatic rings. The van der Waals surface area contributed by atoms with Crippen molar-refractivity contribution in [2.45, 2.75) is 6.61 Å². The molecule has 32 heavy (non-hydrogen) atoms.